The van der Waals surface area contributed by atoms with E-state index in [1.807, 2.05) is 43.5 Å². The summed E-state index contributed by atoms with van der Waals surface area (Å²) in [5.41, 5.74) is 2.40. The minimum absolute atomic E-state index is 0.259. The van der Waals surface area contributed by atoms with Gasteiger partial charge in [0, 0.05) is 11.4 Å². The van der Waals surface area contributed by atoms with Gasteiger partial charge >= 0.3 is 5.97 Å². The van der Waals surface area contributed by atoms with Crippen molar-refractivity contribution in [3.8, 4) is 0 Å². The highest BCUT2D eigenvalue weighted by molar-refractivity contribution is 7.98. The highest BCUT2D eigenvalue weighted by Gasteiger charge is 2.14. The van der Waals surface area contributed by atoms with Crippen LogP contribution in [0.2, 0.25) is 5.02 Å². The van der Waals surface area contributed by atoms with Crippen molar-refractivity contribution in [2.75, 3.05) is 12.9 Å². The van der Waals surface area contributed by atoms with Crippen LogP contribution in [0.5, 0.6) is 0 Å². The summed E-state index contributed by atoms with van der Waals surface area (Å²) in [6.45, 7) is 2.04. The Bertz CT molecular complexity index is 732. The SMILES string of the molecule is CSc1ccc(Cl)c(C(=O)OCC(=O)NCc2ccc(C)cc2)c1. The van der Waals surface area contributed by atoms with Crippen molar-refractivity contribution >= 4 is 35.2 Å². The van der Waals surface area contributed by atoms with E-state index >= 15 is 0 Å². The third kappa shape index (κ3) is 5.28. The number of nitrogens with one attached hydrogen (secondary N) is 1. The molecule has 0 bridgehead atoms. The van der Waals surface area contributed by atoms with Crippen molar-refractivity contribution in [1.29, 1.82) is 0 Å². The number of carbonyl (C=O) groups is 2. The van der Waals surface area contributed by atoms with Gasteiger partial charge in [-0.1, -0.05) is 41.4 Å². The molecule has 0 unspecified atom stereocenters. The predicted octanol–water partition coefficient (Wildman–Crippen LogP) is 3.84. The molecule has 0 aromatic heterocycles. The molecule has 126 valence electrons. The van der Waals surface area contributed by atoms with Crippen molar-refractivity contribution in [1.82, 2.24) is 5.32 Å². The lowest BCUT2D eigenvalue weighted by atomic mass is 10.1. The first-order chi connectivity index (χ1) is 11.5. The molecule has 0 spiro atoms. The first-order valence-electron chi connectivity index (χ1n) is 7.32. The average Bonchev–Trinajstić information content (AvgIpc) is 2.59. The van der Waals surface area contributed by atoms with Crippen LogP contribution in [-0.4, -0.2) is 24.7 Å². The molecule has 1 N–H and O–H groups in total. The summed E-state index contributed by atoms with van der Waals surface area (Å²) in [4.78, 5) is 24.8. The number of ether oxygens (including phenoxy) is 1. The standard InChI is InChI=1S/C18H18ClNO3S/c1-12-3-5-13(6-4-12)10-20-17(21)11-23-18(22)15-9-14(24-2)7-8-16(15)19/h3-9H,10-11H2,1-2H3,(H,20,21). The molecule has 0 aliphatic rings. The number of rotatable bonds is 6. The summed E-state index contributed by atoms with van der Waals surface area (Å²) in [5.74, 6) is -0.970. The lowest BCUT2D eigenvalue weighted by Crippen LogP contribution is -2.28. The van der Waals surface area contributed by atoms with Crippen molar-refractivity contribution in [3.05, 3.63) is 64.2 Å². The second kappa shape index (κ2) is 8.76. The number of benzene rings is 2. The van der Waals surface area contributed by atoms with E-state index in [2.05, 4.69) is 5.32 Å². The first kappa shape index (κ1) is 18.4. The number of hydrogen-bond donors (Lipinski definition) is 1. The van der Waals surface area contributed by atoms with E-state index in [1.165, 1.54) is 11.8 Å². The Morgan fingerprint density at radius 1 is 1.17 bits per heavy atom. The van der Waals surface area contributed by atoms with Gasteiger partial charge in [0.25, 0.3) is 5.91 Å². The summed E-state index contributed by atoms with van der Waals surface area (Å²) in [6, 6.07) is 12.9. The van der Waals surface area contributed by atoms with Crippen LogP contribution in [0.3, 0.4) is 0 Å². The molecule has 2 rings (SSSR count). The molecule has 4 nitrogen and oxygen atoms in total. The summed E-state index contributed by atoms with van der Waals surface area (Å²) in [6.07, 6.45) is 1.90. The smallest absolute Gasteiger partial charge is 0.340 e. The summed E-state index contributed by atoms with van der Waals surface area (Å²) in [7, 11) is 0. The van der Waals surface area contributed by atoms with Gasteiger partial charge in [0.05, 0.1) is 10.6 Å². The van der Waals surface area contributed by atoms with Gasteiger partial charge in [-0.25, -0.2) is 4.79 Å². The highest BCUT2D eigenvalue weighted by atomic mass is 35.5. The van der Waals surface area contributed by atoms with Crippen molar-refractivity contribution in [3.63, 3.8) is 0 Å². The van der Waals surface area contributed by atoms with Gasteiger partial charge in [-0.3, -0.25) is 4.79 Å². The van der Waals surface area contributed by atoms with Gasteiger partial charge in [-0.2, -0.15) is 0 Å². The molecule has 0 aliphatic carbocycles. The average molecular weight is 364 g/mol. The molecule has 0 aliphatic heterocycles. The Hall–Kier alpha value is -1.98. The molecular weight excluding hydrogens is 346 g/mol. The Morgan fingerprint density at radius 2 is 1.88 bits per heavy atom. The van der Waals surface area contributed by atoms with Gasteiger partial charge in [-0.05, 0) is 36.9 Å². The molecule has 6 heteroatoms. The van der Waals surface area contributed by atoms with Crippen LogP contribution in [0.4, 0.5) is 0 Å². The monoisotopic (exact) mass is 363 g/mol. The highest BCUT2D eigenvalue weighted by Crippen LogP contribution is 2.23. The number of hydrogen-bond acceptors (Lipinski definition) is 4. The van der Waals surface area contributed by atoms with Crippen LogP contribution < -0.4 is 5.32 Å². The molecule has 0 atom stereocenters. The number of halogens is 1. The summed E-state index contributed by atoms with van der Waals surface area (Å²) >= 11 is 7.50. The van der Waals surface area contributed by atoms with Crippen LogP contribution in [0.1, 0.15) is 21.5 Å². The fourth-order valence-corrected chi connectivity index (χ4v) is 2.59. The molecule has 1 amide bonds. The maximum absolute atomic E-state index is 12.1. The Kier molecular flexibility index (Phi) is 6.70. The Balaban J connectivity index is 1.85. The fraction of sp³-hybridized carbons (Fsp3) is 0.222. The zero-order valence-electron chi connectivity index (χ0n) is 13.5. The number of thioether (sulfide) groups is 1. The number of esters is 1. The quantitative estimate of drug-likeness (QED) is 0.625. The summed E-state index contributed by atoms with van der Waals surface area (Å²) in [5, 5.41) is 3.01. The lowest BCUT2D eigenvalue weighted by Gasteiger charge is -2.08. The number of carbonyl (C=O) groups excluding carboxylic acids is 2. The van der Waals surface area contributed by atoms with Crippen molar-refractivity contribution in [2.45, 2.75) is 18.4 Å². The topological polar surface area (TPSA) is 55.4 Å². The zero-order valence-corrected chi connectivity index (χ0v) is 15.0. The maximum atomic E-state index is 12.1. The third-order valence-corrected chi connectivity index (χ3v) is 4.39. The van der Waals surface area contributed by atoms with E-state index in [0.717, 1.165) is 16.0 Å². The molecule has 0 saturated heterocycles. The van der Waals surface area contributed by atoms with Crippen LogP contribution in [0.15, 0.2) is 47.4 Å². The third-order valence-electron chi connectivity index (χ3n) is 3.34. The van der Waals surface area contributed by atoms with E-state index in [0.29, 0.717) is 11.6 Å². The zero-order chi connectivity index (χ0) is 17.5. The van der Waals surface area contributed by atoms with Crippen LogP contribution in [-0.2, 0) is 16.1 Å². The van der Waals surface area contributed by atoms with E-state index < -0.39 is 5.97 Å². The van der Waals surface area contributed by atoms with Crippen LogP contribution >= 0.6 is 23.4 Å². The molecule has 0 saturated carbocycles. The second-order valence-corrected chi connectivity index (χ2v) is 6.47. The number of amides is 1. The van der Waals surface area contributed by atoms with Gasteiger partial charge in [0.15, 0.2) is 6.61 Å². The number of aryl methyl sites for hydroxylation is 1. The predicted molar refractivity (Wildman–Crippen MR) is 96.5 cm³/mol. The molecule has 0 heterocycles. The molecular formula is C18H18ClNO3S. The minimum atomic E-state index is -0.610. The first-order valence-corrected chi connectivity index (χ1v) is 8.93. The normalized spacial score (nSPS) is 10.3. The van der Waals surface area contributed by atoms with Crippen molar-refractivity contribution < 1.29 is 14.3 Å². The minimum Gasteiger partial charge on any atom is -0.452 e. The Labute approximate surface area is 150 Å². The van der Waals surface area contributed by atoms with Crippen LogP contribution in [0, 0.1) is 6.92 Å². The molecule has 2 aromatic rings. The van der Waals surface area contributed by atoms with E-state index in [1.54, 1.807) is 12.1 Å². The van der Waals surface area contributed by atoms with Crippen molar-refractivity contribution in [2.24, 2.45) is 0 Å². The van der Waals surface area contributed by atoms with Gasteiger partial charge in [0.2, 0.25) is 0 Å². The van der Waals surface area contributed by atoms with E-state index in [-0.39, 0.29) is 18.1 Å². The van der Waals surface area contributed by atoms with Crippen LogP contribution in [0.25, 0.3) is 0 Å². The van der Waals surface area contributed by atoms with Gasteiger partial charge in [-0.15, -0.1) is 11.8 Å². The van der Waals surface area contributed by atoms with Gasteiger partial charge < -0.3 is 10.1 Å². The lowest BCUT2D eigenvalue weighted by molar-refractivity contribution is -0.124. The molecule has 24 heavy (non-hydrogen) atoms. The molecule has 2 aromatic carbocycles. The maximum Gasteiger partial charge on any atom is 0.340 e. The van der Waals surface area contributed by atoms with E-state index in [9.17, 15) is 9.59 Å². The van der Waals surface area contributed by atoms with E-state index in [4.69, 9.17) is 16.3 Å². The second-order valence-electron chi connectivity index (χ2n) is 5.18. The fourth-order valence-electron chi connectivity index (χ4n) is 1.95. The molecule has 0 fully saturated rings. The Morgan fingerprint density at radius 3 is 2.54 bits per heavy atom. The summed E-state index contributed by atoms with van der Waals surface area (Å²) < 4.78 is 5.03. The molecule has 0 radical (unpaired) electrons. The van der Waals surface area contributed by atoms with Gasteiger partial charge in [0.1, 0.15) is 0 Å². The largest absolute Gasteiger partial charge is 0.452 e.